The molecule has 1 fully saturated rings. The first-order chi connectivity index (χ1) is 10.4. The van der Waals surface area contributed by atoms with Crippen LogP contribution in [-0.2, 0) is 0 Å². The van der Waals surface area contributed by atoms with Crippen LogP contribution < -0.4 is 10.1 Å². The number of ether oxygens (including phenoxy) is 1. The summed E-state index contributed by atoms with van der Waals surface area (Å²) in [6, 6.07) is 9.19. The highest BCUT2D eigenvalue weighted by atomic mass is 32.2. The molecule has 1 N–H and O–H groups in total. The van der Waals surface area contributed by atoms with Crippen LogP contribution in [0.1, 0.15) is 50.0 Å². The zero-order chi connectivity index (χ0) is 14.5. The van der Waals surface area contributed by atoms with Crippen molar-refractivity contribution in [2.45, 2.75) is 55.7 Å². The van der Waals surface area contributed by atoms with Crippen molar-refractivity contribution in [3.63, 3.8) is 0 Å². The van der Waals surface area contributed by atoms with Gasteiger partial charge in [-0.3, -0.25) is 0 Å². The van der Waals surface area contributed by atoms with Crippen LogP contribution in [-0.4, -0.2) is 30.7 Å². The van der Waals surface area contributed by atoms with Crippen LogP contribution in [0.15, 0.2) is 24.3 Å². The molecule has 21 heavy (non-hydrogen) atoms. The Morgan fingerprint density at radius 2 is 2.05 bits per heavy atom. The molecule has 0 radical (unpaired) electrons. The molecule has 1 heterocycles. The first-order valence-electron chi connectivity index (χ1n) is 8.37. The number of para-hydroxylation sites is 1. The number of thioether (sulfide) groups is 1. The Morgan fingerprint density at radius 3 is 2.86 bits per heavy atom. The van der Waals surface area contributed by atoms with Gasteiger partial charge in [-0.05, 0) is 50.3 Å². The van der Waals surface area contributed by atoms with E-state index in [1.807, 2.05) is 0 Å². The molecule has 0 saturated heterocycles. The molecule has 116 valence electrons. The maximum Gasteiger partial charge on any atom is 0.122 e. The van der Waals surface area contributed by atoms with Crippen molar-refractivity contribution in [1.29, 1.82) is 0 Å². The smallest absolute Gasteiger partial charge is 0.122 e. The fraction of sp³-hybridized carbons (Fsp3) is 0.667. The fourth-order valence-electron chi connectivity index (χ4n) is 3.58. The lowest BCUT2D eigenvalue weighted by molar-refractivity contribution is 0.258. The molecule has 2 aliphatic rings. The van der Waals surface area contributed by atoms with Crippen LogP contribution in [0, 0.1) is 0 Å². The number of benzene rings is 1. The quantitative estimate of drug-likeness (QED) is 0.851. The van der Waals surface area contributed by atoms with Gasteiger partial charge in [0.15, 0.2) is 0 Å². The van der Waals surface area contributed by atoms with Crippen molar-refractivity contribution in [3.8, 4) is 5.75 Å². The highest BCUT2D eigenvalue weighted by Gasteiger charge is 2.25. The number of fused-ring (bicyclic) bond motifs is 1. The average Bonchev–Trinajstić information content (AvgIpc) is 3.05. The van der Waals surface area contributed by atoms with Gasteiger partial charge in [-0.15, -0.1) is 0 Å². The van der Waals surface area contributed by atoms with Crippen LogP contribution in [0.25, 0.3) is 0 Å². The van der Waals surface area contributed by atoms with Crippen molar-refractivity contribution in [2.75, 3.05) is 19.4 Å². The Hall–Kier alpha value is -0.670. The van der Waals surface area contributed by atoms with Gasteiger partial charge in [0.05, 0.1) is 6.61 Å². The predicted molar refractivity (Wildman–Crippen MR) is 91.5 cm³/mol. The predicted octanol–water partition coefficient (Wildman–Crippen LogP) is 4.21. The van der Waals surface area contributed by atoms with Gasteiger partial charge >= 0.3 is 0 Å². The van der Waals surface area contributed by atoms with Gasteiger partial charge in [0.25, 0.3) is 0 Å². The minimum Gasteiger partial charge on any atom is -0.493 e. The second kappa shape index (κ2) is 7.55. The average molecular weight is 305 g/mol. The summed E-state index contributed by atoms with van der Waals surface area (Å²) in [5.74, 6) is 3.00. The van der Waals surface area contributed by atoms with E-state index < -0.39 is 0 Å². The SMILES string of the molecule is CNC(CSC1CCCC1)CC1CCOc2ccccc21. The summed E-state index contributed by atoms with van der Waals surface area (Å²) < 4.78 is 5.78. The van der Waals surface area contributed by atoms with Crippen LogP contribution in [0.4, 0.5) is 0 Å². The molecular weight excluding hydrogens is 278 g/mol. The van der Waals surface area contributed by atoms with Crippen LogP contribution >= 0.6 is 11.8 Å². The Balaban J connectivity index is 1.56. The van der Waals surface area contributed by atoms with E-state index in [1.165, 1.54) is 43.4 Å². The molecule has 1 aromatic carbocycles. The molecule has 1 aromatic rings. The molecule has 0 spiro atoms. The minimum absolute atomic E-state index is 0.617. The van der Waals surface area contributed by atoms with Crippen molar-refractivity contribution in [1.82, 2.24) is 5.32 Å². The molecule has 2 unspecified atom stereocenters. The highest BCUT2D eigenvalue weighted by molar-refractivity contribution is 7.99. The van der Waals surface area contributed by atoms with Gasteiger partial charge in [-0.25, -0.2) is 0 Å². The maximum absolute atomic E-state index is 5.78. The molecule has 1 aliphatic carbocycles. The Labute approximate surface area is 133 Å². The van der Waals surface area contributed by atoms with E-state index in [1.54, 1.807) is 0 Å². The summed E-state index contributed by atoms with van der Waals surface area (Å²) in [6.07, 6.45) is 8.13. The summed E-state index contributed by atoms with van der Waals surface area (Å²) in [6.45, 7) is 0.869. The number of hydrogen-bond acceptors (Lipinski definition) is 3. The van der Waals surface area contributed by atoms with E-state index in [-0.39, 0.29) is 0 Å². The van der Waals surface area contributed by atoms with Crippen molar-refractivity contribution in [3.05, 3.63) is 29.8 Å². The number of rotatable bonds is 6. The molecule has 1 saturated carbocycles. The zero-order valence-electron chi connectivity index (χ0n) is 13.0. The van der Waals surface area contributed by atoms with Crippen molar-refractivity contribution >= 4 is 11.8 Å². The lowest BCUT2D eigenvalue weighted by atomic mass is 9.88. The maximum atomic E-state index is 5.78. The Kier molecular flexibility index (Phi) is 5.48. The third kappa shape index (κ3) is 3.95. The van der Waals surface area contributed by atoms with Crippen LogP contribution in [0.5, 0.6) is 5.75 Å². The largest absolute Gasteiger partial charge is 0.493 e. The standard InChI is InChI=1S/C18H27NOS/c1-19-15(13-21-16-6-2-3-7-16)12-14-10-11-20-18-9-5-4-8-17(14)18/h4-5,8-9,14-16,19H,2-3,6-7,10-13H2,1H3. The van der Waals surface area contributed by atoms with Gasteiger partial charge in [-0.2, -0.15) is 11.8 Å². The summed E-state index contributed by atoms with van der Waals surface area (Å²) in [5.41, 5.74) is 1.41. The molecule has 2 atom stereocenters. The van der Waals surface area contributed by atoms with Crippen molar-refractivity contribution < 1.29 is 4.74 Å². The molecule has 2 nitrogen and oxygen atoms in total. The van der Waals surface area contributed by atoms with E-state index in [9.17, 15) is 0 Å². The van der Waals surface area contributed by atoms with E-state index in [0.29, 0.717) is 12.0 Å². The van der Waals surface area contributed by atoms with E-state index in [2.05, 4.69) is 48.4 Å². The molecular formula is C18H27NOS. The summed E-state index contributed by atoms with van der Waals surface area (Å²) in [5, 5.41) is 4.46. The van der Waals surface area contributed by atoms with E-state index >= 15 is 0 Å². The monoisotopic (exact) mass is 305 g/mol. The third-order valence-corrected chi connectivity index (χ3v) is 6.43. The van der Waals surface area contributed by atoms with E-state index in [0.717, 1.165) is 24.0 Å². The van der Waals surface area contributed by atoms with Crippen LogP contribution in [0.2, 0.25) is 0 Å². The van der Waals surface area contributed by atoms with Crippen molar-refractivity contribution in [2.24, 2.45) is 0 Å². The van der Waals surface area contributed by atoms with Gasteiger partial charge in [0.1, 0.15) is 5.75 Å². The topological polar surface area (TPSA) is 21.3 Å². The fourth-order valence-corrected chi connectivity index (χ4v) is 5.05. The Bertz CT molecular complexity index is 445. The second-order valence-electron chi connectivity index (χ2n) is 6.33. The molecule has 0 aromatic heterocycles. The van der Waals surface area contributed by atoms with E-state index in [4.69, 9.17) is 4.74 Å². The summed E-state index contributed by atoms with van der Waals surface area (Å²) in [7, 11) is 2.12. The number of nitrogens with one attached hydrogen (secondary N) is 1. The van der Waals surface area contributed by atoms with Gasteiger partial charge in [-0.1, -0.05) is 31.0 Å². The molecule has 1 aliphatic heterocycles. The molecule has 3 rings (SSSR count). The van der Waals surface area contributed by atoms with Crippen LogP contribution in [0.3, 0.4) is 0 Å². The minimum atomic E-state index is 0.617. The lowest BCUT2D eigenvalue weighted by Gasteiger charge is -2.29. The lowest BCUT2D eigenvalue weighted by Crippen LogP contribution is -2.31. The second-order valence-corrected chi connectivity index (χ2v) is 7.67. The zero-order valence-corrected chi connectivity index (χ0v) is 13.8. The molecule has 0 bridgehead atoms. The molecule has 3 heteroatoms. The van der Waals surface area contributed by atoms with Gasteiger partial charge in [0.2, 0.25) is 0 Å². The van der Waals surface area contributed by atoms with Gasteiger partial charge in [0, 0.05) is 17.0 Å². The summed E-state index contributed by atoms with van der Waals surface area (Å²) in [4.78, 5) is 0. The highest BCUT2D eigenvalue weighted by Crippen LogP contribution is 2.37. The number of hydrogen-bond donors (Lipinski definition) is 1. The third-order valence-electron chi connectivity index (χ3n) is 4.90. The molecule has 0 amide bonds. The first kappa shape index (κ1) is 15.2. The van der Waals surface area contributed by atoms with Gasteiger partial charge < -0.3 is 10.1 Å². The summed E-state index contributed by atoms with van der Waals surface area (Å²) >= 11 is 2.19. The Morgan fingerprint density at radius 1 is 1.24 bits per heavy atom. The normalized spacial score (nSPS) is 23.6. The first-order valence-corrected chi connectivity index (χ1v) is 9.42.